The maximum absolute atomic E-state index is 12.1. The van der Waals surface area contributed by atoms with Gasteiger partial charge < -0.3 is 5.32 Å². The number of rotatable bonds is 6. The Hall–Kier alpha value is -1.88. The van der Waals surface area contributed by atoms with Gasteiger partial charge in [0.2, 0.25) is 0 Å². The summed E-state index contributed by atoms with van der Waals surface area (Å²) in [6.45, 7) is 2.63. The van der Waals surface area contributed by atoms with Crippen molar-refractivity contribution in [2.75, 3.05) is 6.54 Å². The van der Waals surface area contributed by atoms with E-state index < -0.39 is 0 Å². The minimum atomic E-state index is -0.124. The predicted molar refractivity (Wildman–Crippen MR) is 82.5 cm³/mol. The molecule has 2 rings (SSSR count). The Bertz CT molecular complexity index is 624. The van der Waals surface area contributed by atoms with Crippen LogP contribution < -0.4 is 5.32 Å². The zero-order valence-electron chi connectivity index (χ0n) is 12.3. The molecule has 21 heavy (non-hydrogen) atoms. The predicted octanol–water partition coefficient (Wildman–Crippen LogP) is 2.39. The van der Waals surface area contributed by atoms with Crippen molar-refractivity contribution >= 4 is 17.5 Å². The zero-order valence-corrected chi connectivity index (χ0v) is 13.0. The molecule has 0 radical (unpaired) electrons. The molecule has 0 saturated heterocycles. The SMILES string of the molecule is CCCc1cc(C(=O)NCCc2cnn(C)c2)cc(Cl)n1. The van der Waals surface area contributed by atoms with E-state index in [4.69, 9.17) is 11.6 Å². The first-order chi connectivity index (χ1) is 10.1. The molecule has 0 saturated carbocycles. The van der Waals surface area contributed by atoms with Gasteiger partial charge in [-0.1, -0.05) is 24.9 Å². The molecule has 0 atom stereocenters. The summed E-state index contributed by atoms with van der Waals surface area (Å²) in [4.78, 5) is 16.3. The van der Waals surface area contributed by atoms with Crippen molar-refractivity contribution in [3.05, 3.63) is 46.5 Å². The summed E-state index contributed by atoms with van der Waals surface area (Å²) < 4.78 is 1.75. The lowest BCUT2D eigenvalue weighted by Crippen LogP contribution is -2.25. The van der Waals surface area contributed by atoms with E-state index in [2.05, 4.69) is 22.3 Å². The average molecular weight is 307 g/mol. The van der Waals surface area contributed by atoms with Crippen molar-refractivity contribution in [2.24, 2.45) is 7.05 Å². The zero-order chi connectivity index (χ0) is 15.2. The van der Waals surface area contributed by atoms with E-state index >= 15 is 0 Å². The molecular formula is C15H19ClN4O. The summed E-state index contributed by atoms with van der Waals surface area (Å²) in [6, 6.07) is 3.40. The quantitative estimate of drug-likeness (QED) is 0.834. The molecule has 0 aliphatic carbocycles. The minimum Gasteiger partial charge on any atom is -0.352 e. The van der Waals surface area contributed by atoms with Crippen LogP contribution in [-0.2, 0) is 19.9 Å². The summed E-state index contributed by atoms with van der Waals surface area (Å²) >= 11 is 5.96. The molecule has 2 aromatic rings. The van der Waals surface area contributed by atoms with Crippen LogP contribution in [-0.4, -0.2) is 27.2 Å². The van der Waals surface area contributed by atoms with E-state index in [0.29, 0.717) is 17.3 Å². The standard InChI is InChI=1S/C15H19ClN4O/c1-3-4-13-7-12(8-14(16)19-13)15(21)17-6-5-11-9-18-20(2)10-11/h7-10H,3-6H2,1-2H3,(H,17,21). The summed E-state index contributed by atoms with van der Waals surface area (Å²) in [5.74, 6) is -0.124. The van der Waals surface area contributed by atoms with E-state index in [9.17, 15) is 4.79 Å². The van der Waals surface area contributed by atoms with E-state index in [-0.39, 0.29) is 5.91 Å². The lowest BCUT2D eigenvalue weighted by atomic mass is 10.1. The fourth-order valence-electron chi connectivity index (χ4n) is 2.09. The fraction of sp³-hybridized carbons (Fsp3) is 0.400. The van der Waals surface area contributed by atoms with Crippen LogP contribution in [0.5, 0.6) is 0 Å². The van der Waals surface area contributed by atoms with Gasteiger partial charge in [-0.15, -0.1) is 0 Å². The molecule has 2 heterocycles. The molecule has 0 aromatic carbocycles. The number of nitrogens with zero attached hydrogens (tertiary/aromatic N) is 3. The highest BCUT2D eigenvalue weighted by Gasteiger charge is 2.09. The highest BCUT2D eigenvalue weighted by molar-refractivity contribution is 6.29. The highest BCUT2D eigenvalue weighted by Crippen LogP contribution is 2.12. The Morgan fingerprint density at radius 1 is 1.38 bits per heavy atom. The largest absolute Gasteiger partial charge is 0.352 e. The number of halogens is 1. The minimum absolute atomic E-state index is 0.124. The van der Waals surface area contributed by atoms with Gasteiger partial charge in [0.15, 0.2) is 0 Å². The Morgan fingerprint density at radius 3 is 2.86 bits per heavy atom. The molecule has 2 aromatic heterocycles. The number of carbonyl (C=O) groups excluding carboxylic acids is 1. The van der Waals surface area contributed by atoms with Gasteiger partial charge in [0.05, 0.1) is 6.20 Å². The third-order valence-corrected chi connectivity index (χ3v) is 3.27. The van der Waals surface area contributed by atoms with Gasteiger partial charge in [-0.05, 0) is 30.5 Å². The summed E-state index contributed by atoms with van der Waals surface area (Å²) in [6.07, 6.45) is 6.27. The van der Waals surface area contributed by atoms with Crippen molar-refractivity contribution in [1.29, 1.82) is 0 Å². The Balaban J connectivity index is 1.93. The summed E-state index contributed by atoms with van der Waals surface area (Å²) in [7, 11) is 1.87. The molecule has 0 bridgehead atoms. The maximum Gasteiger partial charge on any atom is 0.251 e. The van der Waals surface area contributed by atoms with E-state index in [1.165, 1.54) is 0 Å². The fourth-order valence-corrected chi connectivity index (χ4v) is 2.32. The lowest BCUT2D eigenvalue weighted by Gasteiger charge is -2.07. The number of nitrogens with one attached hydrogen (secondary N) is 1. The molecule has 0 fully saturated rings. The third-order valence-electron chi connectivity index (χ3n) is 3.07. The Labute approximate surface area is 129 Å². The van der Waals surface area contributed by atoms with E-state index in [1.54, 1.807) is 23.0 Å². The molecule has 1 N–H and O–H groups in total. The van der Waals surface area contributed by atoms with Crippen LogP contribution in [0.4, 0.5) is 0 Å². The van der Waals surface area contributed by atoms with Crippen LogP contribution in [0.25, 0.3) is 0 Å². The molecule has 0 aliphatic heterocycles. The first-order valence-corrected chi connectivity index (χ1v) is 7.38. The first kappa shape index (κ1) is 15.5. The average Bonchev–Trinajstić information content (AvgIpc) is 2.84. The number of aromatic nitrogens is 3. The Morgan fingerprint density at radius 2 is 2.19 bits per heavy atom. The van der Waals surface area contributed by atoms with Crippen molar-refractivity contribution < 1.29 is 4.79 Å². The normalized spacial score (nSPS) is 10.6. The van der Waals surface area contributed by atoms with Gasteiger partial charge in [-0.2, -0.15) is 5.10 Å². The number of hydrogen-bond donors (Lipinski definition) is 1. The second-order valence-electron chi connectivity index (χ2n) is 4.95. The van der Waals surface area contributed by atoms with Gasteiger partial charge >= 0.3 is 0 Å². The second-order valence-corrected chi connectivity index (χ2v) is 5.34. The van der Waals surface area contributed by atoms with Crippen molar-refractivity contribution in [3.8, 4) is 0 Å². The van der Waals surface area contributed by atoms with Gasteiger partial charge in [0, 0.05) is 31.0 Å². The van der Waals surface area contributed by atoms with Crippen LogP contribution in [0.15, 0.2) is 24.5 Å². The lowest BCUT2D eigenvalue weighted by molar-refractivity contribution is 0.0954. The first-order valence-electron chi connectivity index (χ1n) is 7.00. The molecule has 6 heteroatoms. The van der Waals surface area contributed by atoms with Gasteiger partial charge in [0.25, 0.3) is 5.91 Å². The smallest absolute Gasteiger partial charge is 0.251 e. The van der Waals surface area contributed by atoms with Crippen LogP contribution in [0.3, 0.4) is 0 Å². The van der Waals surface area contributed by atoms with Crippen LogP contribution in [0.1, 0.15) is 35.0 Å². The van der Waals surface area contributed by atoms with Gasteiger partial charge in [-0.25, -0.2) is 4.98 Å². The second kappa shape index (κ2) is 7.22. The topological polar surface area (TPSA) is 59.8 Å². The van der Waals surface area contributed by atoms with Gasteiger partial charge in [-0.3, -0.25) is 9.48 Å². The molecule has 0 spiro atoms. The maximum atomic E-state index is 12.1. The molecule has 112 valence electrons. The molecular weight excluding hydrogens is 288 g/mol. The monoisotopic (exact) mass is 306 g/mol. The summed E-state index contributed by atoms with van der Waals surface area (Å²) in [5, 5.41) is 7.34. The van der Waals surface area contributed by atoms with Crippen LogP contribution in [0, 0.1) is 0 Å². The number of amides is 1. The van der Waals surface area contributed by atoms with E-state index in [0.717, 1.165) is 30.5 Å². The third kappa shape index (κ3) is 4.56. The van der Waals surface area contributed by atoms with E-state index in [1.807, 2.05) is 13.2 Å². The molecule has 5 nitrogen and oxygen atoms in total. The van der Waals surface area contributed by atoms with Crippen LogP contribution >= 0.6 is 11.6 Å². The molecule has 0 unspecified atom stereocenters. The number of hydrogen-bond acceptors (Lipinski definition) is 3. The summed E-state index contributed by atoms with van der Waals surface area (Å²) in [5.41, 5.74) is 2.50. The van der Waals surface area contributed by atoms with Crippen LogP contribution in [0.2, 0.25) is 5.15 Å². The van der Waals surface area contributed by atoms with Crippen molar-refractivity contribution in [2.45, 2.75) is 26.2 Å². The van der Waals surface area contributed by atoms with Crippen molar-refractivity contribution in [3.63, 3.8) is 0 Å². The number of aryl methyl sites for hydroxylation is 2. The van der Waals surface area contributed by atoms with Gasteiger partial charge in [0.1, 0.15) is 5.15 Å². The molecule has 0 aliphatic rings. The van der Waals surface area contributed by atoms with Crippen molar-refractivity contribution in [1.82, 2.24) is 20.1 Å². The Kier molecular flexibility index (Phi) is 5.33. The highest BCUT2D eigenvalue weighted by atomic mass is 35.5. The molecule has 1 amide bonds. The number of pyridine rings is 1. The number of carbonyl (C=O) groups is 1.